The molecule has 0 atom stereocenters. The first-order valence-electron chi connectivity index (χ1n) is 6.33. The number of ether oxygens (including phenoxy) is 1. The monoisotopic (exact) mass is 282 g/mol. The molecule has 0 spiro atoms. The molecule has 0 bridgehead atoms. The number of rotatable bonds is 3. The van der Waals surface area contributed by atoms with Crippen LogP contribution in [0.25, 0.3) is 0 Å². The lowest BCUT2D eigenvalue weighted by atomic mass is 10.1. The average Bonchev–Trinajstić information content (AvgIpc) is 2.40. The van der Waals surface area contributed by atoms with E-state index in [1.807, 2.05) is 6.07 Å². The van der Waals surface area contributed by atoms with E-state index in [4.69, 9.17) is 4.74 Å². The van der Waals surface area contributed by atoms with Crippen LogP contribution >= 0.6 is 0 Å². The van der Waals surface area contributed by atoms with E-state index in [0.29, 0.717) is 28.3 Å². The van der Waals surface area contributed by atoms with Crippen LogP contribution in [0.15, 0.2) is 24.3 Å². The van der Waals surface area contributed by atoms with E-state index >= 15 is 0 Å². The van der Waals surface area contributed by atoms with Gasteiger partial charge < -0.3 is 9.84 Å². The molecule has 0 saturated heterocycles. The maximum atomic E-state index is 11.3. The van der Waals surface area contributed by atoms with Crippen molar-refractivity contribution in [1.29, 1.82) is 5.26 Å². The zero-order chi connectivity index (χ0) is 15.6. The molecule has 1 N–H and O–H groups in total. The normalized spacial score (nSPS) is 10.0. The van der Waals surface area contributed by atoms with Crippen LogP contribution in [-0.4, -0.2) is 16.1 Å². The van der Waals surface area contributed by atoms with E-state index in [9.17, 15) is 15.2 Å². The molecule has 5 nitrogen and oxygen atoms in total. The van der Waals surface area contributed by atoms with E-state index in [-0.39, 0.29) is 11.3 Å². The van der Waals surface area contributed by atoms with E-state index in [1.165, 1.54) is 6.07 Å². The van der Waals surface area contributed by atoms with Crippen molar-refractivity contribution < 1.29 is 14.6 Å². The molecule has 0 unspecified atom stereocenters. The lowest BCUT2D eigenvalue weighted by molar-refractivity contribution is 0.0694. The van der Waals surface area contributed by atoms with Gasteiger partial charge in [0, 0.05) is 11.8 Å². The fourth-order valence-corrected chi connectivity index (χ4v) is 2.08. The Morgan fingerprint density at radius 1 is 1.33 bits per heavy atom. The van der Waals surface area contributed by atoms with Gasteiger partial charge in [0.05, 0.1) is 5.69 Å². The van der Waals surface area contributed by atoms with Gasteiger partial charge in [0.25, 0.3) is 0 Å². The van der Waals surface area contributed by atoms with Crippen molar-refractivity contribution in [3.63, 3.8) is 0 Å². The minimum absolute atomic E-state index is 0.0611. The van der Waals surface area contributed by atoms with Crippen molar-refractivity contribution in [3.05, 3.63) is 52.3 Å². The van der Waals surface area contributed by atoms with Crippen molar-refractivity contribution in [2.45, 2.75) is 20.8 Å². The van der Waals surface area contributed by atoms with Gasteiger partial charge in [-0.3, -0.25) is 4.98 Å². The van der Waals surface area contributed by atoms with Gasteiger partial charge in [0.15, 0.2) is 0 Å². The number of para-hydroxylation sites is 1. The number of carbonyl (C=O) groups is 1. The van der Waals surface area contributed by atoms with E-state index in [1.54, 1.807) is 39.0 Å². The van der Waals surface area contributed by atoms with Gasteiger partial charge >= 0.3 is 5.97 Å². The van der Waals surface area contributed by atoms with Crippen LogP contribution in [0.5, 0.6) is 11.5 Å². The summed E-state index contributed by atoms with van der Waals surface area (Å²) in [4.78, 5) is 15.5. The number of aromatic nitrogens is 1. The lowest BCUT2D eigenvalue weighted by Gasteiger charge is -2.14. The van der Waals surface area contributed by atoms with Crippen LogP contribution in [0.3, 0.4) is 0 Å². The van der Waals surface area contributed by atoms with Gasteiger partial charge in [-0.1, -0.05) is 12.1 Å². The molecule has 1 aromatic heterocycles. The second-order valence-corrected chi connectivity index (χ2v) is 4.69. The van der Waals surface area contributed by atoms with E-state index in [0.717, 1.165) is 0 Å². The number of hydrogen-bond donors (Lipinski definition) is 1. The molecule has 0 aliphatic heterocycles. The third-order valence-electron chi connectivity index (χ3n) is 3.06. The van der Waals surface area contributed by atoms with Gasteiger partial charge in [-0.25, -0.2) is 4.79 Å². The average molecular weight is 282 g/mol. The topological polar surface area (TPSA) is 83.2 Å². The van der Waals surface area contributed by atoms with Crippen LogP contribution in [0.2, 0.25) is 0 Å². The van der Waals surface area contributed by atoms with Crippen molar-refractivity contribution in [2.75, 3.05) is 0 Å². The molecule has 0 fully saturated rings. The number of hydrogen-bond acceptors (Lipinski definition) is 4. The number of benzene rings is 1. The predicted octanol–water partition coefficient (Wildman–Crippen LogP) is 3.37. The standard InChI is InChI=1S/C16H14N2O3/c1-9-5-4-6-12(16(19)20)15(9)21-14-7-10(2)18-11(3)13(14)8-17/h4-7H,1-3H3,(H,19,20). The van der Waals surface area contributed by atoms with Crippen molar-refractivity contribution >= 4 is 5.97 Å². The largest absolute Gasteiger partial charge is 0.478 e. The van der Waals surface area contributed by atoms with Crippen LogP contribution in [-0.2, 0) is 0 Å². The molecule has 0 saturated carbocycles. The van der Waals surface area contributed by atoms with Gasteiger partial charge in [0.1, 0.15) is 28.7 Å². The summed E-state index contributed by atoms with van der Waals surface area (Å²) < 4.78 is 5.74. The summed E-state index contributed by atoms with van der Waals surface area (Å²) in [6.45, 7) is 5.26. The Morgan fingerprint density at radius 2 is 2.05 bits per heavy atom. The van der Waals surface area contributed by atoms with Gasteiger partial charge in [-0.2, -0.15) is 5.26 Å². The number of aromatic carboxylic acids is 1. The Kier molecular flexibility index (Phi) is 3.90. The van der Waals surface area contributed by atoms with Crippen LogP contribution < -0.4 is 4.74 Å². The Hall–Kier alpha value is -2.87. The van der Waals surface area contributed by atoms with E-state index < -0.39 is 5.97 Å². The first-order chi connectivity index (χ1) is 9.93. The molecule has 1 heterocycles. The first kappa shape index (κ1) is 14.5. The van der Waals surface area contributed by atoms with Gasteiger partial charge in [-0.15, -0.1) is 0 Å². The third-order valence-corrected chi connectivity index (χ3v) is 3.06. The summed E-state index contributed by atoms with van der Waals surface area (Å²) in [6, 6.07) is 8.55. The SMILES string of the molecule is Cc1cc(Oc2c(C)cccc2C(=O)O)c(C#N)c(C)n1. The summed E-state index contributed by atoms with van der Waals surface area (Å²) in [5, 5.41) is 18.5. The minimum Gasteiger partial charge on any atom is -0.478 e. The highest BCUT2D eigenvalue weighted by molar-refractivity contribution is 5.91. The maximum Gasteiger partial charge on any atom is 0.339 e. The highest BCUT2D eigenvalue weighted by Crippen LogP contribution is 2.32. The lowest BCUT2D eigenvalue weighted by Crippen LogP contribution is -2.03. The third kappa shape index (κ3) is 2.84. The molecule has 106 valence electrons. The fraction of sp³-hybridized carbons (Fsp3) is 0.188. The van der Waals surface area contributed by atoms with Crippen molar-refractivity contribution in [1.82, 2.24) is 4.98 Å². The molecule has 21 heavy (non-hydrogen) atoms. The molecule has 0 radical (unpaired) electrons. The van der Waals surface area contributed by atoms with Crippen molar-refractivity contribution in [2.24, 2.45) is 0 Å². The summed E-state index contributed by atoms with van der Waals surface area (Å²) in [5.74, 6) is -0.513. The number of carboxylic acid groups (broad SMARTS) is 1. The van der Waals surface area contributed by atoms with Crippen molar-refractivity contribution in [3.8, 4) is 17.6 Å². The molecule has 2 aromatic rings. The molecule has 5 heteroatoms. The number of nitriles is 1. The highest BCUT2D eigenvalue weighted by Gasteiger charge is 2.17. The molecular weight excluding hydrogens is 268 g/mol. The molecule has 0 aliphatic carbocycles. The molecule has 0 aliphatic rings. The molecular formula is C16H14N2O3. The quantitative estimate of drug-likeness (QED) is 0.933. The molecule has 1 aromatic carbocycles. The smallest absolute Gasteiger partial charge is 0.339 e. The Morgan fingerprint density at radius 3 is 2.67 bits per heavy atom. The zero-order valence-corrected chi connectivity index (χ0v) is 12.0. The predicted molar refractivity (Wildman–Crippen MR) is 76.6 cm³/mol. The van der Waals surface area contributed by atoms with Gasteiger partial charge in [-0.05, 0) is 32.4 Å². The second kappa shape index (κ2) is 5.63. The van der Waals surface area contributed by atoms with Gasteiger partial charge in [0.2, 0.25) is 0 Å². The number of nitrogens with zero attached hydrogens (tertiary/aromatic N) is 2. The minimum atomic E-state index is -1.07. The summed E-state index contributed by atoms with van der Waals surface area (Å²) in [5.41, 5.74) is 2.31. The zero-order valence-electron chi connectivity index (χ0n) is 12.0. The second-order valence-electron chi connectivity index (χ2n) is 4.69. The Balaban J connectivity index is 2.59. The summed E-state index contributed by atoms with van der Waals surface area (Å²) in [6.07, 6.45) is 0. The fourth-order valence-electron chi connectivity index (χ4n) is 2.08. The number of aryl methyl sites for hydroxylation is 3. The molecule has 0 amide bonds. The Bertz CT molecular complexity index is 761. The molecule has 2 rings (SSSR count). The van der Waals surface area contributed by atoms with Crippen LogP contribution in [0, 0.1) is 32.1 Å². The Labute approximate surface area is 122 Å². The number of carboxylic acids is 1. The highest BCUT2D eigenvalue weighted by atomic mass is 16.5. The summed E-state index contributed by atoms with van der Waals surface area (Å²) >= 11 is 0. The number of pyridine rings is 1. The van der Waals surface area contributed by atoms with Crippen LogP contribution in [0.1, 0.15) is 32.9 Å². The van der Waals surface area contributed by atoms with E-state index in [2.05, 4.69) is 4.98 Å². The maximum absolute atomic E-state index is 11.3. The summed E-state index contributed by atoms with van der Waals surface area (Å²) in [7, 11) is 0. The first-order valence-corrected chi connectivity index (χ1v) is 6.33. The van der Waals surface area contributed by atoms with Crippen LogP contribution in [0.4, 0.5) is 0 Å².